The third kappa shape index (κ3) is 6.47. The minimum Gasteiger partial charge on any atom is -0.493 e. The van der Waals surface area contributed by atoms with Crippen molar-refractivity contribution in [2.45, 2.75) is 24.2 Å². The Kier molecular flexibility index (Phi) is 8.48. The van der Waals surface area contributed by atoms with E-state index in [1.165, 1.54) is 11.4 Å². The summed E-state index contributed by atoms with van der Waals surface area (Å²) in [5.41, 5.74) is 1.02. The molecule has 0 radical (unpaired) electrons. The lowest BCUT2D eigenvalue weighted by Crippen LogP contribution is -2.30. The summed E-state index contributed by atoms with van der Waals surface area (Å²) in [6, 6.07) is 13.9. The first kappa shape index (κ1) is 22.7. The van der Waals surface area contributed by atoms with E-state index < -0.39 is 10.0 Å². The molecule has 0 saturated carbocycles. The topological polar surface area (TPSA) is 84.9 Å². The number of methoxy groups -OCH3 is 2. The Morgan fingerprint density at radius 2 is 1.72 bits per heavy atom. The molecular weight excluding hydrogens is 392 g/mol. The van der Waals surface area contributed by atoms with Crippen molar-refractivity contribution in [3.63, 3.8) is 0 Å². The highest BCUT2D eigenvalue weighted by Gasteiger charge is 2.20. The fourth-order valence-electron chi connectivity index (χ4n) is 2.83. The van der Waals surface area contributed by atoms with Crippen LogP contribution < -0.4 is 14.8 Å². The van der Waals surface area contributed by atoms with Crippen molar-refractivity contribution in [3.05, 3.63) is 54.1 Å². The van der Waals surface area contributed by atoms with Crippen LogP contribution in [0.5, 0.6) is 11.5 Å². The van der Waals surface area contributed by atoms with E-state index in [4.69, 9.17) is 9.47 Å². The van der Waals surface area contributed by atoms with Crippen molar-refractivity contribution < 1.29 is 22.7 Å². The molecule has 0 unspecified atom stereocenters. The number of carbonyl (C=O) groups excluding carboxylic acids is 1. The summed E-state index contributed by atoms with van der Waals surface area (Å²) in [4.78, 5) is 12.3. The van der Waals surface area contributed by atoms with Crippen LogP contribution in [0.25, 0.3) is 0 Å². The molecule has 0 aromatic heterocycles. The molecule has 0 aliphatic carbocycles. The van der Waals surface area contributed by atoms with Crippen LogP contribution in [0.1, 0.15) is 18.4 Å². The number of benzene rings is 2. The third-order valence-electron chi connectivity index (χ3n) is 4.51. The minimum atomic E-state index is -3.52. The molecule has 0 aliphatic rings. The standard InChI is InChI=1S/C21H28N2O5S/c1-23(29(25,26)18-8-5-4-6-9-18)15-7-10-21(24)22-14-13-17-11-12-19(27-2)20(16-17)28-3/h4-6,8-9,11-12,16H,7,10,13-15H2,1-3H3,(H,22,24). The summed E-state index contributed by atoms with van der Waals surface area (Å²) in [6.45, 7) is 0.771. The lowest BCUT2D eigenvalue weighted by molar-refractivity contribution is -0.121. The Labute approximate surface area is 172 Å². The van der Waals surface area contributed by atoms with Gasteiger partial charge in [-0.15, -0.1) is 0 Å². The molecule has 0 bridgehead atoms. The van der Waals surface area contributed by atoms with Gasteiger partial charge in [-0.25, -0.2) is 12.7 Å². The van der Waals surface area contributed by atoms with E-state index in [1.807, 2.05) is 18.2 Å². The number of sulfonamides is 1. The molecule has 2 aromatic rings. The number of hydrogen-bond acceptors (Lipinski definition) is 5. The quantitative estimate of drug-likeness (QED) is 0.604. The van der Waals surface area contributed by atoms with Gasteiger partial charge in [0.15, 0.2) is 11.5 Å². The maximum Gasteiger partial charge on any atom is 0.242 e. The number of rotatable bonds is 11. The van der Waals surface area contributed by atoms with Crippen molar-refractivity contribution in [2.24, 2.45) is 0 Å². The highest BCUT2D eigenvalue weighted by Crippen LogP contribution is 2.27. The Balaban J connectivity index is 1.73. The summed E-state index contributed by atoms with van der Waals surface area (Å²) in [6.07, 6.45) is 1.37. The van der Waals surface area contributed by atoms with Crippen molar-refractivity contribution in [1.29, 1.82) is 0 Å². The average Bonchev–Trinajstić information content (AvgIpc) is 2.74. The van der Waals surface area contributed by atoms with E-state index in [1.54, 1.807) is 44.6 Å². The fourth-order valence-corrected chi connectivity index (χ4v) is 4.06. The van der Waals surface area contributed by atoms with Crippen LogP contribution >= 0.6 is 0 Å². The van der Waals surface area contributed by atoms with Crippen molar-refractivity contribution in [1.82, 2.24) is 9.62 Å². The predicted octanol–water partition coefficient (Wildman–Crippen LogP) is 2.46. The van der Waals surface area contributed by atoms with Gasteiger partial charge in [-0.3, -0.25) is 4.79 Å². The molecular formula is C21H28N2O5S. The molecule has 158 valence electrons. The number of amides is 1. The summed E-state index contributed by atoms with van der Waals surface area (Å²) in [5.74, 6) is 1.21. The molecule has 0 atom stereocenters. The van der Waals surface area contributed by atoms with E-state index in [0.29, 0.717) is 30.9 Å². The first-order chi connectivity index (χ1) is 13.9. The lowest BCUT2D eigenvalue weighted by Gasteiger charge is -2.17. The Morgan fingerprint density at radius 3 is 2.38 bits per heavy atom. The van der Waals surface area contributed by atoms with E-state index in [2.05, 4.69) is 5.32 Å². The number of hydrogen-bond donors (Lipinski definition) is 1. The van der Waals surface area contributed by atoms with Gasteiger partial charge < -0.3 is 14.8 Å². The van der Waals surface area contributed by atoms with Crippen LogP contribution in [-0.4, -0.2) is 53.0 Å². The van der Waals surface area contributed by atoms with Gasteiger partial charge in [0.1, 0.15) is 0 Å². The van der Waals surface area contributed by atoms with Crippen LogP contribution in [0, 0.1) is 0 Å². The fraction of sp³-hybridized carbons (Fsp3) is 0.381. The smallest absolute Gasteiger partial charge is 0.242 e. The summed E-state index contributed by atoms with van der Waals surface area (Å²) in [7, 11) is 1.17. The van der Waals surface area contributed by atoms with E-state index in [-0.39, 0.29) is 23.8 Å². The van der Waals surface area contributed by atoms with Crippen molar-refractivity contribution in [3.8, 4) is 11.5 Å². The molecule has 0 heterocycles. The summed E-state index contributed by atoms with van der Waals surface area (Å²) < 4.78 is 36.6. The Morgan fingerprint density at radius 1 is 1.03 bits per heavy atom. The van der Waals surface area contributed by atoms with E-state index >= 15 is 0 Å². The van der Waals surface area contributed by atoms with E-state index in [0.717, 1.165) is 5.56 Å². The monoisotopic (exact) mass is 420 g/mol. The molecule has 29 heavy (non-hydrogen) atoms. The van der Waals surface area contributed by atoms with Gasteiger partial charge in [0, 0.05) is 26.6 Å². The zero-order chi connectivity index (χ0) is 21.3. The number of nitrogens with one attached hydrogen (secondary N) is 1. The van der Waals surface area contributed by atoms with Crippen LogP contribution in [-0.2, 0) is 21.2 Å². The van der Waals surface area contributed by atoms with Gasteiger partial charge in [-0.2, -0.15) is 0 Å². The zero-order valence-electron chi connectivity index (χ0n) is 17.1. The molecule has 1 amide bonds. The van der Waals surface area contributed by atoms with Crippen LogP contribution in [0.3, 0.4) is 0 Å². The molecule has 2 rings (SSSR count). The SMILES string of the molecule is COc1ccc(CCNC(=O)CCCN(C)S(=O)(=O)c2ccccc2)cc1OC. The second kappa shape index (κ2) is 10.8. The lowest BCUT2D eigenvalue weighted by atomic mass is 10.1. The summed E-state index contributed by atoms with van der Waals surface area (Å²) >= 11 is 0. The van der Waals surface area contributed by atoms with Crippen LogP contribution in [0.15, 0.2) is 53.4 Å². The van der Waals surface area contributed by atoms with Crippen LogP contribution in [0.2, 0.25) is 0 Å². The van der Waals surface area contributed by atoms with Crippen molar-refractivity contribution >= 4 is 15.9 Å². The van der Waals surface area contributed by atoms with Crippen LogP contribution in [0.4, 0.5) is 0 Å². The largest absolute Gasteiger partial charge is 0.493 e. The molecule has 0 spiro atoms. The first-order valence-corrected chi connectivity index (χ1v) is 10.8. The summed E-state index contributed by atoms with van der Waals surface area (Å²) in [5, 5.41) is 2.86. The number of carbonyl (C=O) groups is 1. The average molecular weight is 421 g/mol. The highest BCUT2D eigenvalue weighted by atomic mass is 32.2. The number of nitrogens with zero attached hydrogens (tertiary/aromatic N) is 1. The highest BCUT2D eigenvalue weighted by molar-refractivity contribution is 7.89. The Hall–Kier alpha value is -2.58. The first-order valence-electron chi connectivity index (χ1n) is 9.37. The van der Waals surface area contributed by atoms with Crippen molar-refractivity contribution in [2.75, 3.05) is 34.4 Å². The van der Waals surface area contributed by atoms with Gasteiger partial charge >= 0.3 is 0 Å². The second-order valence-electron chi connectivity index (χ2n) is 6.53. The Bertz CT molecular complexity index is 901. The molecule has 2 aromatic carbocycles. The van der Waals surface area contributed by atoms with Gasteiger partial charge in [0.05, 0.1) is 19.1 Å². The molecule has 1 N–H and O–H groups in total. The number of ether oxygens (including phenoxy) is 2. The third-order valence-corrected chi connectivity index (χ3v) is 6.38. The normalized spacial score (nSPS) is 11.3. The maximum atomic E-state index is 12.4. The molecule has 0 saturated heterocycles. The minimum absolute atomic E-state index is 0.101. The molecule has 0 fully saturated rings. The zero-order valence-corrected chi connectivity index (χ0v) is 17.9. The van der Waals surface area contributed by atoms with E-state index in [9.17, 15) is 13.2 Å². The molecule has 8 heteroatoms. The van der Waals surface area contributed by atoms with Gasteiger partial charge in [0.25, 0.3) is 0 Å². The molecule has 0 aliphatic heterocycles. The van der Waals surface area contributed by atoms with Gasteiger partial charge in [0.2, 0.25) is 15.9 Å². The maximum absolute atomic E-state index is 12.4. The predicted molar refractivity (Wildman–Crippen MR) is 112 cm³/mol. The second-order valence-corrected chi connectivity index (χ2v) is 8.58. The molecule has 7 nitrogen and oxygen atoms in total. The van der Waals surface area contributed by atoms with Gasteiger partial charge in [-0.05, 0) is 42.7 Å². The van der Waals surface area contributed by atoms with Gasteiger partial charge in [-0.1, -0.05) is 24.3 Å².